The maximum absolute atomic E-state index is 12.9. The number of aliphatic hydroxyl groups is 1. The molecule has 0 spiro atoms. The number of aromatic nitrogens is 1. The number of nitrogens with one attached hydrogen (secondary N) is 2. The summed E-state index contributed by atoms with van der Waals surface area (Å²) in [6.07, 6.45) is 6.70. The monoisotopic (exact) mass is 512 g/mol. The molecule has 0 unspecified atom stereocenters. The van der Waals surface area contributed by atoms with E-state index in [1.807, 2.05) is 60.7 Å². The summed E-state index contributed by atoms with van der Waals surface area (Å²) in [7, 11) is 0. The standard InChI is InChI=1S/C31H36N4O3/c1-20(36)34-25-13-7-21(8-14-25)15-29(38)35-26-16-28(22-5-3-2-4-6-22)30(33-19-26)23-9-11-24(12-10-23)31(32)17-27(37)18-31/h2-6,9-12,16,19,21,25,27,37H,7-8,13-15,17-18,32H2,1H3,(H,34,36)(H,35,38)/t21?,25?,27-,31+. The van der Waals surface area contributed by atoms with Crippen LogP contribution in [-0.4, -0.2) is 34.1 Å². The third kappa shape index (κ3) is 5.95. The van der Waals surface area contributed by atoms with Crippen molar-refractivity contribution in [2.24, 2.45) is 11.7 Å². The van der Waals surface area contributed by atoms with Gasteiger partial charge in [0.05, 0.1) is 23.7 Å². The Morgan fingerprint density at radius 1 is 1.00 bits per heavy atom. The molecule has 0 aliphatic heterocycles. The lowest BCUT2D eigenvalue weighted by molar-refractivity contribution is -0.120. The van der Waals surface area contributed by atoms with E-state index in [-0.39, 0.29) is 24.0 Å². The van der Waals surface area contributed by atoms with Crippen molar-refractivity contribution < 1.29 is 14.7 Å². The van der Waals surface area contributed by atoms with Gasteiger partial charge in [0.1, 0.15) is 0 Å². The lowest BCUT2D eigenvalue weighted by Crippen LogP contribution is -2.51. The summed E-state index contributed by atoms with van der Waals surface area (Å²) in [5.74, 6) is 0.317. The number of amides is 2. The van der Waals surface area contributed by atoms with Crippen LogP contribution < -0.4 is 16.4 Å². The molecule has 2 aliphatic carbocycles. The Hall–Kier alpha value is -3.55. The van der Waals surface area contributed by atoms with Gasteiger partial charge in [-0.05, 0) is 61.6 Å². The fourth-order valence-electron chi connectivity index (χ4n) is 5.85. The first-order valence-corrected chi connectivity index (χ1v) is 13.5. The molecular formula is C31H36N4O3. The molecule has 5 N–H and O–H groups in total. The Labute approximate surface area is 223 Å². The van der Waals surface area contributed by atoms with Crippen LogP contribution in [0.15, 0.2) is 66.9 Å². The van der Waals surface area contributed by atoms with Crippen LogP contribution in [0, 0.1) is 5.92 Å². The highest BCUT2D eigenvalue weighted by molar-refractivity contribution is 5.93. The zero-order chi connectivity index (χ0) is 26.7. The molecule has 0 atom stereocenters. The Balaban J connectivity index is 1.31. The van der Waals surface area contributed by atoms with E-state index in [1.54, 1.807) is 13.1 Å². The Morgan fingerprint density at radius 2 is 1.68 bits per heavy atom. The van der Waals surface area contributed by atoms with Crippen molar-refractivity contribution in [3.8, 4) is 22.4 Å². The molecule has 198 valence electrons. The van der Waals surface area contributed by atoms with Gasteiger partial charge >= 0.3 is 0 Å². The Bertz CT molecular complexity index is 1280. The molecule has 2 fully saturated rings. The first-order chi connectivity index (χ1) is 18.3. The van der Waals surface area contributed by atoms with Crippen LogP contribution in [0.3, 0.4) is 0 Å². The zero-order valence-electron chi connectivity index (χ0n) is 21.8. The molecule has 2 aromatic carbocycles. The molecule has 7 heteroatoms. The predicted octanol–water partition coefficient (Wildman–Crippen LogP) is 4.75. The van der Waals surface area contributed by atoms with E-state index in [0.717, 1.165) is 53.6 Å². The second-order valence-corrected chi connectivity index (χ2v) is 11.0. The van der Waals surface area contributed by atoms with Crippen molar-refractivity contribution in [2.75, 3.05) is 5.32 Å². The summed E-state index contributed by atoms with van der Waals surface area (Å²) < 4.78 is 0. The van der Waals surface area contributed by atoms with Gasteiger partial charge in [-0.1, -0.05) is 54.6 Å². The van der Waals surface area contributed by atoms with Crippen molar-refractivity contribution in [2.45, 2.75) is 69.6 Å². The number of carbonyl (C=O) groups excluding carboxylic acids is 2. The Kier molecular flexibility index (Phi) is 7.58. The molecule has 0 bridgehead atoms. The molecule has 5 rings (SSSR count). The molecule has 7 nitrogen and oxygen atoms in total. The van der Waals surface area contributed by atoms with Crippen molar-refractivity contribution in [1.29, 1.82) is 0 Å². The molecule has 3 aromatic rings. The fraction of sp³-hybridized carbons (Fsp3) is 0.387. The van der Waals surface area contributed by atoms with Crippen LogP contribution in [0.25, 0.3) is 22.4 Å². The van der Waals surface area contributed by atoms with Crippen LogP contribution in [0.2, 0.25) is 0 Å². The molecule has 1 aromatic heterocycles. The lowest BCUT2D eigenvalue weighted by atomic mass is 9.70. The molecule has 2 amide bonds. The number of benzene rings is 2. The third-order valence-corrected chi connectivity index (χ3v) is 7.92. The van der Waals surface area contributed by atoms with E-state index >= 15 is 0 Å². The second-order valence-electron chi connectivity index (χ2n) is 11.0. The molecule has 0 radical (unpaired) electrons. The van der Waals surface area contributed by atoms with Gasteiger partial charge in [0.15, 0.2) is 0 Å². The van der Waals surface area contributed by atoms with Crippen molar-refractivity contribution in [3.63, 3.8) is 0 Å². The molecule has 2 saturated carbocycles. The molecular weight excluding hydrogens is 476 g/mol. The number of carbonyl (C=O) groups is 2. The number of anilines is 1. The highest BCUT2D eigenvalue weighted by Crippen LogP contribution is 2.40. The van der Waals surface area contributed by atoms with Gasteiger partial charge in [-0.25, -0.2) is 0 Å². The maximum Gasteiger partial charge on any atom is 0.224 e. The molecule has 38 heavy (non-hydrogen) atoms. The number of hydrogen-bond acceptors (Lipinski definition) is 5. The topological polar surface area (TPSA) is 117 Å². The minimum atomic E-state index is -0.467. The maximum atomic E-state index is 12.9. The summed E-state index contributed by atoms with van der Waals surface area (Å²) in [6.45, 7) is 1.55. The van der Waals surface area contributed by atoms with Gasteiger partial charge in [0.25, 0.3) is 0 Å². The van der Waals surface area contributed by atoms with Gasteiger partial charge in [-0.15, -0.1) is 0 Å². The van der Waals surface area contributed by atoms with E-state index in [2.05, 4.69) is 10.6 Å². The average molecular weight is 513 g/mol. The highest BCUT2D eigenvalue weighted by Gasteiger charge is 2.41. The summed E-state index contributed by atoms with van der Waals surface area (Å²) >= 11 is 0. The van der Waals surface area contributed by atoms with Crippen LogP contribution in [-0.2, 0) is 15.1 Å². The van der Waals surface area contributed by atoms with Crippen molar-refractivity contribution in [1.82, 2.24) is 10.3 Å². The summed E-state index contributed by atoms with van der Waals surface area (Å²) in [6, 6.07) is 20.4. The lowest BCUT2D eigenvalue weighted by Gasteiger charge is -2.42. The molecule has 1 heterocycles. The van der Waals surface area contributed by atoms with E-state index in [4.69, 9.17) is 10.7 Å². The number of pyridine rings is 1. The Morgan fingerprint density at radius 3 is 2.32 bits per heavy atom. The van der Waals surface area contributed by atoms with Crippen LogP contribution in [0.5, 0.6) is 0 Å². The smallest absolute Gasteiger partial charge is 0.224 e. The first kappa shape index (κ1) is 26.1. The molecule has 2 aliphatic rings. The fourth-order valence-corrected chi connectivity index (χ4v) is 5.85. The third-order valence-electron chi connectivity index (χ3n) is 7.92. The number of hydrogen-bond donors (Lipinski definition) is 4. The second kappa shape index (κ2) is 11.1. The van der Waals surface area contributed by atoms with Crippen LogP contribution in [0.1, 0.15) is 57.4 Å². The van der Waals surface area contributed by atoms with Gasteiger partial charge in [0, 0.05) is 36.1 Å². The normalized spacial score (nSPS) is 24.8. The zero-order valence-corrected chi connectivity index (χ0v) is 21.8. The largest absolute Gasteiger partial charge is 0.393 e. The quantitative estimate of drug-likeness (QED) is 0.365. The predicted molar refractivity (Wildman–Crippen MR) is 149 cm³/mol. The number of nitrogens with two attached hydrogens (primary N) is 1. The van der Waals surface area contributed by atoms with Crippen LogP contribution >= 0.6 is 0 Å². The van der Waals surface area contributed by atoms with E-state index in [0.29, 0.717) is 30.9 Å². The van der Waals surface area contributed by atoms with E-state index < -0.39 is 5.54 Å². The minimum Gasteiger partial charge on any atom is -0.393 e. The summed E-state index contributed by atoms with van der Waals surface area (Å²) in [5, 5.41) is 15.8. The van der Waals surface area contributed by atoms with Gasteiger partial charge in [-0.3, -0.25) is 14.6 Å². The summed E-state index contributed by atoms with van der Waals surface area (Å²) in [4.78, 5) is 29.0. The van der Waals surface area contributed by atoms with Crippen molar-refractivity contribution >= 4 is 17.5 Å². The molecule has 0 saturated heterocycles. The summed E-state index contributed by atoms with van der Waals surface area (Å²) in [5.41, 5.74) is 11.4. The first-order valence-electron chi connectivity index (χ1n) is 13.5. The van der Waals surface area contributed by atoms with E-state index in [1.165, 1.54) is 0 Å². The number of nitrogens with zero attached hydrogens (tertiary/aromatic N) is 1. The number of rotatable bonds is 7. The van der Waals surface area contributed by atoms with Crippen LogP contribution in [0.4, 0.5) is 5.69 Å². The van der Waals surface area contributed by atoms with Gasteiger partial charge < -0.3 is 21.5 Å². The van der Waals surface area contributed by atoms with Crippen molar-refractivity contribution in [3.05, 3.63) is 72.4 Å². The average Bonchev–Trinajstić information content (AvgIpc) is 2.89. The van der Waals surface area contributed by atoms with Gasteiger partial charge in [-0.2, -0.15) is 0 Å². The van der Waals surface area contributed by atoms with E-state index in [9.17, 15) is 14.7 Å². The highest BCUT2D eigenvalue weighted by atomic mass is 16.3. The van der Waals surface area contributed by atoms with Gasteiger partial charge in [0.2, 0.25) is 11.8 Å². The number of aliphatic hydroxyl groups excluding tert-OH is 1. The minimum absolute atomic E-state index is 0.00815. The SMILES string of the molecule is CC(=O)NC1CCC(CC(=O)Nc2cnc(-c3ccc([C@]4(N)C[C@@H](O)C4)cc3)c(-c3ccccc3)c2)CC1.